The number of hydrogen-bond acceptors (Lipinski definition) is 2. The van der Waals surface area contributed by atoms with Crippen molar-refractivity contribution < 1.29 is 4.79 Å². The summed E-state index contributed by atoms with van der Waals surface area (Å²) < 4.78 is 2.38. The molecular weight excluding hydrogens is 201 g/mol. The molecule has 0 bridgehead atoms. The standard InChI is InChI=1S/C3H5Cl2NOS2/c1-9(8)6-3(7)2(4)5/h2H,1H3,(H,6,7). The van der Waals surface area contributed by atoms with Crippen molar-refractivity contribution >= 4 is 49.9 Å². The van der Waals surface area contributed by atoms with E-state index in [1.54, 1.807) is 6.26 Å². The van der Waals surface area contributed by atoms with Gasteiger partial charge < -0.3 is 0 Å². The summed E-state index contributed by atoms with van der Waals surface area (Å²) >= 11 is 15.0. The monoisotopic (exact) mass is 205 g/mol. The van der Waals surface area contributed by atoms with E-state index in [-0.39, 0.29) is 0 Å². The fourth-order valence-corrected chi connectivity index (χ4v) is 1.07. The number of alkyl halides is 2. The molecule has 1 unspecified atom stereocenters. The van der Waals surface area contributed by atoms with E-state index >= 15 is 0 Å². The smallest absolute Gasteiger partial charge is 0.263 e. The third kappa shape index (κ3) is 5.08. The lowest BCUT2D eigenvalue weighted by molar-refractivity contribution is -0.117. The van der Waals surface area contributed by atoms with Crippen molar-refractivity contribution in [3.05, 3.63) is 0 Å². The van der Waals surface area contributed by atoms with Crippen molar-refractivity contribution in [1.29, 1.82) is 0 Å². The summed E-state index contributed by atoms with van der Waals surface area (Å²) in [6.07, 6.45) is 1.68. The molecule has 6 heteroatoms. The molecule has 2 nitrogen and oxygen atoms in total. The van der Waals surface area contributed by atoms with E-state index in [1.807, 2.05) is 0 Å². The molecule has 0 aliphatic carbocycles. The predicted molar refractivity (Wildman–Crippen MR) is 44.3 cm³/mol. The minimum atomic E-state index is -1.01. The average molecular weight is 206 g/mol. The van der Waals surface area contributed by atoms with Crippen LogP contribution in [0.15, 0.2) is 0 Å². The van der Waals surface area contributed by atoms with Gasteiger partial charge in [0.1, 0.15) is 0 Å². The second-order valence-corrected chi connectivity index (χ2v) is 4.93. The summed E-state index contributed by atoms with van der Waals surface area (Å²) in [5, 5.41) is 0. The molecule has 1 amide bonds. The normalized spacial score (nSPS) is 13.3. The predicted octanol–water partition coefficient (Wildman–Crippen LogP) is 0.531. The zero-order valence-electron chi connectivity index (χ0n) is 4.56. The topological polar surface area (TPSA) is 29.1 Å². The summed E-state index contributed by atoms with van der Waals surface area (Å²) in [6, 6.07) is 0. The number of carbonyl (C=O) groups excluding carboxylic acids is 1. The van der Waals surface area contributed by atoms with Gasteiger partial charge in [0.15, 0.2) is 4.84 Å². The lowest BCUT2D eigenvalue weighted by Crippen LogP contribution is -2.28. The molecule has 0 saturated heterocycles. The van der Waals surface area contributed by atoms with Crippen LogP contribution < -0.4 is 4.72 Å². The van der Waals surface area contributed by atoms with Crippen molar-refractivity contribution in [3.8, 4) is 0 Å². The largest absolute Gasteiger partial charge is 0.295 e. The van der Waals surface area contributed by atoms with E-state index in [4.69, 9.17) is 23.2 Å². The van der Waals surface area contributed by atoms with Crippen LogP contribution >= 0.6 is 23.2 Å². The van der Waals surface area contributed by atoms with Crippen LogP contribution in [0.25, 0.3) is 0 Å². The van der Waals surface area contributed by atoms with Gasteiger partial charge in [-0.1, -0.05) is 23.2 Å². The Labute approximate surface area is 70.6 Å². The van der Waals surface area contributed by atoms with Crippen molar-refractivity contribution in [2.75, 3.05) is 6.26 Å². The Morgan fingerprint density at radius 3 is 2.33 bits per heavy atom. The van der Waals surface area contributed by atoms with Crippen molar-refractivity contribution in [1.82, 2.24) is 4.72 Å². The van der Waals surface area contributed by atoms with Crippen LogP contribution in [0.3, 0.4) is 0 Å². The SMILES string of the molecule is CS(=S)NC(=O)C(Cl)Cl. The van der Waals surface area contributed by atoms with Gasteiger partial charge in [0.25, 0.3) is 5.91 Å². The van der Waals surface area contributed by atoms with E-state index in [1.165, 1.54) is 0 Å². The second kappa shape index (κ2) is 4.44. The number of hydrogen-bond donors (Lipinski definition) is 1. The van der Waals surface area contributed by atoms with Crippen LogP contribution in [0.4, 0.5) is 0 Å². The van der Waals surface area contributed by atoms with Crippen LogP contribution in [-0.2, 0) is 25.6 Å². The summed E-state index contributed by atoms with van der Waals surface area (Å²) in [5.41, 5.74) is 0. The minimum Gasteiger partial charge on any atom is -0.295 e. The third-order valence-corrected chi connectivity index (χ3v) is 1.58. The van der Waals surface area contributed by atoms with Gasteiger partial charge in [0.05, 0.1) is 0 Å². The first-order valence-corrected chi connectivity index (χ1v) is 5.39. The number of carbonyl (C=O) groups is 1. The van der Waals surface area contributed by atoms with E-state index in [9.17, 15) is 4.79 Å². The summed E-state index contributed by atoms with van der Waals surface area (Å²) in [7, 11) is -0.551. The highest BCUT2D eigenvalue weighted by atomic mass is 35.5. The molecule has 0 aromatic rings. The number of amides is 1. The van der Waals surface area contributed by atoms with Gasteiger partial charge in [-0.2, -0.15) is 0 Å². The molecule has 0 radical (unpaired) electrons. The number of halogens is 2. The van der Waals surface area contributed by atoms with Gasteiger partial charge >= 0.3 is 0 Å². The Bertz CT molecular complexity index is 138. The van der Waals surface area contributed by atoms with Crippen LogP contribution in [-0.4, -0.2) is 17.0 Å². The van der Waals surface area contributed by atoms with Crippen molar-refractivity contribution in [3.63, 3.8) is 0 Å². The molecule has 0 aliphatic heterocycles. The van der Waals surface area contributed by atoms with Gasteiger partial charge in [-0.15, -0.1) is 0 Å². The number of nitrogens with one attached hydrogen (secondary N) is 1. The maximum Gasteiger partial charge on any atom is 0.263 e. The Kier molecular flexibility index (Phi) is 4.74. The minimum absolute atomic E-state index is 0.431. The molecule has 0 spiro atoms. The van der Waals surface area contributed by atoms with Gasteiger partial charge in [-0.05, 0) is 20.8 Å². The Morgan fingerprint density at radius 2 is 2.22 bits per heavy atom. The molecule has 0 aromatic heterocycles. The van der Waals surface area contributed by atoms with Crippen molar-refractivity contribution in [2.45, 2.75) is 4.84 Å². The summed E-state index contributed by atoms with van der Waals surface area (Å²) in [5.74, 6) is -0.431. The first-order chi connectivity index (χ1) is 4.04. The highest BCUT2D eigenvalue weighted by Crippen LogP contribution is 1.99. The van der Waals surface area contributed by atoms with Gasteiger partial charge in [-0.25, -0.2) is 0 Å². The molecule has 0 saturated carbocycles. The summed E-state index contributed by atoms with van der Waals surface area (Å²) in [6.45, 7) is 0. The maximum absolute atomic E-state index is 10.5. The van der Waals surface area contributed by atoms with E-state index < -0.39 is 20.4 Å². The average Bonchev–Trinajstić information content (AvgIpc) is 1.63. The fourth-order valence-electron chi connectivity index (χ4n) is 0.186. The van der Waals surface area contributed by atoms with E-state index in [0.717, 1.165) is 0 Å². The first-order valence-electron chi connectivity index (χ1n) is 1.96. The summed E-state index contributed by atoms with van der Waals surface area (Å²) in [4.78, 5) is 9.51. The molecule has 0 heterocycles. The molecular formula is C3H5Cl2NOS2. The van der Waals surface area contributed by atoms with Crippen LogP contribution in [0.1, 0.15) is 0 Å². The van der Waals surface area contributed by atoms with Crippen LogP contribution in [0.5, 0.6) is 0 Å². The molecule has 0 fully saturated rings. The molecule has 9 heavy (non-hydrogen) atoms. The Balaban J connectivity index is 3.64. The van der Waals surface area contributed by atoms with Crippen LogP contribution in [0, 0.1) is 0 Å². The maximum atomic E-state index is 10.5. The second-order valence-electron chi connectivity index (χ2n) is 1.22. The fraction of sp³-hybridized carbons (Fsp3) is 0.667. The van der Waals surface area contributed by atoms with Crippen molar-refractivity contribution in [2.24, 2.45) is 0 Å². The zero-order chi connectivity index (χ0) is 7.44. The zero-order valence-corrected chi connectivity index (χ0v) is 7.70. The molecule has 0 rings (SSSR count). The highest BCUT2D eigenvalue weighted by Gasteiger charge is 2.09. The van der Waals surface area contributed by atoms with Gasteiger partial charge in [0.2, 0.25) is 0 Å². The Morgan fingerprint density at radius 1 is 1.78 bits per heavy atom. The highest BCUT2D eigenvalue weighted by molar-refractivity contribution is 8.27. The molecule has 54 valence electrons. The van der Waals surface area contributed by atoms with E-state index in [2.05, 4.69) is 15.9 Å². The quantitative estimate of drug-likeness (QED) is 0.668. The van der Waals surface area contributed by atoms with E-state index in [0.29, 0.717) is 0 Å². The lowest BCUT2D eigenvalue weighted by Gasteiger charge is -2.01. The van der Waals surface area contributed by atoms with Gasteiger partial charge in [-0.3, -0.25) is 9.52 Å². The molecule has 1 atom stereocenters. The third-order valence-electron chi connectivity index (χ3n) is 0.443. The number of rotatable bonds is 2. The lowest BCUT2D eigenvalue weighted by atomic mass is 10.8. The molecule has 0 aromatic carbocycles. The molecule has 0 aliphatic rings. The van der Waals surface area contributed by atoms with Crippen LogP contribution in [0.2, 0.25) is 0 Å². The Hall–Kier alpha value is 0.620. The first kappa shape index (κ1) is 9.62. The molecule has 1 N–H and O–H groups in total. The van der Waals surface area contributed by atoms with Gasteiger partial charge in [0, 0.05) is 6.26 Å².